The van der Waals surface area contributed by atoms with Gasteiger partial charge in [0.15, 0.2) is 0 Å². The average Bonchev–Trinajstić information content (AvgIpc) is 2.38. The van der Waals surface area contributed by atoms with Gasteiger partial charge in [-0.25, -0.2) is 0 Å². The summed E-state index contributed by atoms with van der Waals surface area (Å²) >= 11 is 0. The Morgan fingerprint density at radius 2 is 2.06 bits per heavy atom. The highest BCUT2D eigenvalue weighted by molar-refractivity contribution is 5.48. The maximum Gasteiger partial charge on any atom is 0.120 e. The van der Waals surface area contributed by atoms with Crippen LogP contribution in [0.5, 0.6) is 5.75 Å². The number of nitrogens with one attached hydrogen (secondary N) is 1. The molecule has 0 spiro atoms. The van der Waals surface area contributed by atoms with Crippen LogP contribution >= 0.6 is 0 Å². The number of ether oxygens (including phenoxy) is 1. The SMILES string of the molecule is COc1cccc(NCC2CCC(N)CC2)c1. The van der Waals surface area contributed by atoms with Crippen LogP contribution < -0.4 is 15.8 Å². The second-order valence-electron chi connectivity index (χ2n) is 4.89. The summed E-state index contributed by atoms with van der Waals surface area (Å²) in [5.74, 6) is 1.67. The fourth-order valence-corrected chi connectivity index (χ4v) is 2.39. The average molecular weight is 234 g/mol. The van der Waals surface area contributed by atoms with Gasteiger partial charge in [-0.1, -0.05) is 6.07 Å². The van der Waals surface area contributed by atoms with E-state index in [2.05, 4.69) is 11.4 Å². The predicted molar refractivity (Wildman–Crippen MR) is 71.4 cm³/mol. The molecule has 1 fully saturated rings. The van der Waals surface area contributed by atoms with Crippen LogP contribution in [0.1, 0.15) is 25.7 Å². The summed E-state index contributed by atoms with van der Waals surface area (Å²) in [4.78, 5) is 0. The molecule has 3 nitrogen and oxygen atoms in total. The number of benzene rings is 1. The van der Waals surface area contributed by atoms with Crippen LogP contribution in [-0.4, -0.2) is 19.7 Å². The maximum absolute atomic E-state index is 5.91. The van der Waals surface area contributed by atoms with Gasteiger partial charge in [0.05, 0.1) is 7.11 Å². The number of hydrogen-bond acceptors (Lipinski definition) is 3. The van der Waals surface area contributed by atoms with Crippen molar-refractivity contribution < 1.29 is 4.74 Å². The van der Waals surface area contributed by atoms with Crippen LogP contribution in [0, 0.1) is 5.92 Å². The molecule has 0 saturated heterocycles. The summed E-state index contributed by atoms with van der Waals surface area (Å²) in [5.41, 5.74) is 7.04. The summed E-state index contributed by atoms with van der Waals surface area (Å²) in [5, 5.41) is 3.48. The van der Waals surface area contributed by atoms with Crippen LogP contribution in [0.25, 0.3) is 0 Å². The van der Waals surface area contributed by atoms with E-state index in [9.17, 15) is 0 Å². The van der Waals surface area contributed by atoms with Crippen molar-refractivity contribution in [3.8, 4) is 5.75 Å². The second kappa shape index (κ2) is 5.92. The highest BCUT2D eigenvalue weighted by atomic mass is 16.5. The summed E-state index contributed by atoms with van der Waals surface area (Å²) in [7, 11) is 1.70. The van der Waals surface area contributed by atoms with Gasteiger partial charge in [0.25, 0.3) is 0 Å². The van der Waals surface area contributed by atoms with Gasteiger partial charge in [-0.15, -0.1) is 0 Å². The molecule has 1 aromatic rings. The fraction of sp³-hybridized carbons (Fsp3) is 0.571. The summed E-state index contributed by atoms with van der Waals surface area (Å²) in [6.45, 7) is 1.04. The van der Waals surface area contributed by atoms with Gasteiger partial charge in [0.2, 0.25) is 0 Å². The first-order chi connectivity index (χ1) is 8.28. The molecule has 1 saturated carbocycles. The fourth-order valence-electron chi connectivity index (χ4n) is 2.39. The lowest BCUT2D eigenvalue weighted by atomic mass is 9.86. The number of anilines is 1. The van der Waals surface area contributed by atoms with E-state index in [-0.39, 0.29) is 0 Å². The van der Waals surface area contributed by atoms with E-state index in [1.54, 1.807) is 7.11 Å². The first-order valence-corrected chi connectivity index (χ1v) is 6.41. The molecule has 17 heavy (non-hydrogen) atoms. The number of rotatable bonds is 4. The number of methoxy groups -OCH3 is 1. The monoisotopic (exact) mass is 234 g/mol. The van der Waals surface area contributed by atoms with E-state index in [4.69, 9.17) is 10.5 Å². The first-order valence-electron chi connectivity index (χ1n) is 6.41. The first kappa shape index (κ1) is 12.2. The lowest BCUT2D eigenvalue weighted by molar-refractivity contribution is 0.339. The van der Waals surface area contributed by atoms with Crippen molar-refractivity contribution in [3.63, 3.8) is 0 Å². The molecule has 1 aromatic carbocycles. The zero-order valence-electron chi connectivity index (χ0n) is 10.5. The lowest BCUT2D eigenvalue weighted by Gasteiger charge is -2.26. The molecule has 1 aliphatic carbocycles. The molecule has 0 aromatic heterocycles. The summed E-state index contributed by atoms with van der Waals surface area (Å²) in [6.07, 6.45) is 4.84. The quantitative estimate of drug-likeness (QED) is 0.842. The molecule has 0 amide bonds. The molecule has 0 radical (unpaired) electrons. The molecule has 0 heterocycles. The van der Waals surface area contributed by atoms with Crippen LogP contribution in [0.2, 0.25) is 0 Å². The number of hydrogen-bond donors (Lipinski definition) is 2. The van der Waals surface area contributed by atoms with E-state index in [1.807, 2.05) is 18.2 Å². The predicted octanol–water partition coefficient (Wildman–Crippen LogP) is 2.62. The minimum atomic E-state index is 0.433. The standard InChI is InChI=1S/C14H22N2O/c1-17-14-4-2-3-13(9-14)16-10-11-5-7-12(15)8-6-11/h2-4,9,11-12,16H,5-8,10,15H2,1H3. The Morgan fingerprint density at radius 1 is 1.29 bits per heavy atom. The topological polar surface area (TPSA) is 47.3 Å². The third-order valence-electron chi connectivity index (χ3n) is 3.56. The molecule has 2 rings (SSSR count). The Balaban J connectivity index is 1.81. The van der Waals surface area contributed by atoms with E-state index >= 15 is 0 Å². The molecule has 1 aliphatic rings. The van der Waals surface area contributed by atoms with Gasteiger partial charge in [0, 0.05) is 24.3 Å². The van der Waals surface area contributed by atoms with Gasteiger partial charge in [-0.3, -0.25) is 0 Å². The van der Waals surface area contributed by atoms with E-state index < -0.39 is 0 Å². The highest BCUT2D eigenvalue weighted by Crippen LogP contribution is 2.24. The zero-order chi connectivity index (χ0) is 12.1. The Labute approximate surface area is 103 Å². The maximum atomic E-state index is 5.91. The Bertz CT molecular complexity index is 346. The van der Waals surface area contributed by atoms with Crippen LogP contribution in [0.15, 0.2) is 24.3 Å². The Morgan fingerprint density at radius 3 is 2.76 bits per heavy atom. The third-order valence-corrected chi connectivity index (χ3v) is 3.56. The minimum Gasteiger partial charge on any atom is -0.497 e. The normalized spacial score (nSPS) is 24.4. The molecular weight excluding hydrogens is 212 g/mol. The molecule has 0 bridgehead atoms. The molecule has 0 aliphatic heterocycles. The van der Waals surface area contributed by atoms with Crippen molar-refractivity contribution in [1.29, 1.82) is 0 Å². The Kier molecular flexibility index (Phi) is 4.26. The van der Waals surface area contributed by atoms with Crippen molar-refractivity contribution in [2.75, 3.05) is 19.0 Å². The molecule has 94 valence electrons. The largest absolute Gasteiger partial charge is 0.497 e. The molecular formula is C14H22N2O. The smallest absolute Gasteiger partial charge is 0.120 e. The third kappa shape index (κ3) is 3.63. The summed E-state index contributed by atoms with van der Waals surface area (Å²) in [6, 6.07) is 8.53. The van der Waals surface area contributed by atoms with Gasteiger partial charge in [0.1, 0.15) is 5.75 Å². The van der Waals surface area contributed by atoms with E-state index in [1.165, 1.54) is 25.7 Å². The van der Waals surface area contributed by atoms with Crippen molar-refractivity contribution >= 4 is 5.69 Å². The van der Waals surface area contributed by atoms with Crippen molar-refractivity contribution in [2.45, 2.75) is 31.7 Å². The molecule has 3 N–H and O–H groups in total. The van der Waals surface area contributed by atoms with Crippen molar-refractivity contribution in [1.82, 2.24) is 0 Å². The molecule has 3 heteroatoms. The van der Waals surface area contributed by atoms with Crippen molar-refractivity contribution in [2.24, 2.45) is 11.7 Å². The van der Waals surface area contributed by atoms with E-state index in [0.29, 0.717) is 6.04 Å². The van der Waals surface area contributed by atoms with Gasteiger partial charge in [-0.05, 0) is 43.7 Å². The minimum absolute atomic E-state index is 0.433. The zero-order valence-corrected chi connectivity index (χ0v) is 10.5. The van der Waals surface area contributed by atoms with Gasteiger partial charge >= 0.3 is 0 Å². The highest BCUT2D eigenvalue weighted by Gasteiger charge is 2.17. The van der Waals surface area contributed by atoms with Gasteiger partial charge < -0.3 is 15.8 Å². The van der Waals surface area contributed by atoms with Gasteiger partial charge in [-0.2, -0.15) is 0 Å². The van der Waals surface area contributed by atoms with Crippen molar-refractivity contribution in [3.05, 3.63) is 24.3 Å². The number of nitrogens with two attached hydrogens (primary N) is 1. The van der Waals surface area contributed by atoms with Crippen LogP contribution in [0.4, 0.5) is 5.69 Å². The van der Waals surface area contributed by atoms with E-state index in [0.717, 1.165) is 23.9 Å². The van der Waals surface area contributed by atoms with Crippen LogP contribution in [-0.2, 0) is 0 Å². The lowest BCUT2D eigenvalue weighted by Crippen LogP contribution is -2.29. The second-order valence-corrected chi connectivity index (χ2v) is 4.89. The molecule has 0 unspecified atom stereocenters. The Hall–Kier alpha value is -1.22. The summed E-state index contributed by atoms with van der Waals surface area (Å²) < 4.78 is 5.20. The van der Waals surface area contributed by atoms with Crippen LogP contribution in [0.3, 0.4) is 0 Å². The molecule has 0 atom stereocenters.